The molecule has 0 atom stereocenters. The second-order valence-corrected chi connectivity index (χ2v) is 16.1. The number of para-hydroxylation sites is 2. The summed E-state index contributed by atoms with van der Waals surface area (Å²) in [5.74, 6) is 0. The Balaban J connectivity index is 1.01. The van der Waals surface area contributed by atoms with Crippen molar-refractivity contribution in [1.82, 2.24) is 4.57 Å². The first-order valence-electron chi connectivity index (χ1n) is 21.7. The molecule has 298 valence electrons. The predicted molar refractivity (Wildman–Crippen MR) is 265 cm³/mol. The Morgan fingerprint density at radius 2 is 0.635 bits per heavy atom. The van der Waals surface area contributed by atoms with Gasteiger partial charge in [-0.05, 0) is 99.1 Å². The van der Waals surface area contributed by atoms with E-state index in [1.807, 2.05) is 0 Å². The summed E-state index contributed by atoms with van der Waals surface area (Å²) in [6, 6.07) is 96.8. The molecule has 0 aliphatic carbocycles. The normalized spacial score (nSPS) is 11.5. The maximum absolute atomic E-state index is 2.39. The molecule has 11 rings (SSSR count). The first-order chi connectivity index (χ1) is 31.3. The van der Waals surface area contributed by atoms with Crippen LogP contribution in [0, 0.1) is 0 Å². The lowest BCUT2D eigenvalue weighted by molar-refractivity contribution is 0.745. The van der Waals surface area contributed by atoms with Crippen molar-refractivity contribution in [2.75, 3.05) is 4.90 Å². The zero-order valence-corrected chi connectivity index (χ0v) is 34.8. The van der Waals surface area contributed by atoms with Crippen LogP contribution in [-0.4, -0.2) is 4.57 Å². The van der Waals surface area contributed by atoms with Crippen LogP contribution >= 0.6 is 0 Å². The number of anilines is 3. The summed E-state index contributed by atoms with van der Waals surface area (Å²) in [6.45, 7) is 0. The van der Waals surface area contributed by atoms with E-state index in [0.29, 0.717) is 0 Å². The van der Waals surface area contributed by atoms with Crippen molar-refractivity contribution in [2.24, 2.45) is 0 Å². The summed E-state index contributed by atoms with van der Waals surface area (Å²) < 4.78 is 2.39. The Kier molecular flexibility index (Phi) is 9.80. The van der Waals surface area contributed by atoms with Crippen molar-refractivity contribution in [3.63, 3.8) is 0 Å². The molecule has 0 saturated heterocycles. The lowest BCUT2D eigenvalue weighted by atomic mass is 9.65. The molecule has 0 spiro atoms. The van der Waals surface area contributed by atoms with Gasteiger partial charge in [0.2, 0.25) is 0 Å². The van der Waals surface area contributed by atoms with Crippen LogP contribution in [0.15, 0.2) is 267 Å². The first kappa shape index (κ1) is 37.8. The van der Waals surface area contributed by atoms with Crippen LogP contribution in [0.4, 0.5) is 17.1 Å². The van der Waals surface area contributed by atoms with Crippen LogP contribution in [0.1, 0.15) is 22.3 Å². The monoisotopic (exact) mass is 804 g/mol. The SMILES string of the molecule is c1ccc(-c2ccc(N(c3ccc(-c4ccc(C(c5ccccc5)(c5ccccc5)c5ccccc5)cc4)cc3)c3ccc4c5ccccc5n(-c5ccccc5)c4c3)cc2)cc1. The van der Waals surface area contributed by atoms with E-state index >= 15 is 0 Å². The highest BCUT2D eigenvalue weighted by molar-refractivity contribution is 6.10. The van der Waals surface area contributed by atoms with Crippen molar-refractivity contribution in [2.45, 2.75) is 5.41 Å². The molecule has 0 bridgehead atoms. The minimum Gasteiger partial charge on any atom is -0.310 e. The van der Waals surface area contributed by atoms with Gasteiger partial charge < -0.3 is 9.47 Å². The first-order valence-corrected chi connectivity index (χ1v) is 21.7. The summed E-state index contributed by atoms with van der Waals surface area (Å²) >= 11 is 0. The molecule has 0 radical (unpaired) electrons. The Bertz CT molecular complexity index is 3170. The maximum atomic E-state index is 2.39. The Labute approximate surface area is 369 Å². The molecule has 1 heterocycles. The molecule has 0 N–H and O–H groups in total. The van der Waals surface area contributed by atoms with Crippen molar-refractivity contribution < 1.29 is 0 Å². The van der Waals surface area contributed by atoms with Crippen LogP contribution < -0.4 is 4.90 Å². The summed E-state index contributed by atoms with van der Waals surface area (Å²) in [5.41, 5.74) is 15.9. The van der Waals surface area contributed by atoms with E-state index in [-0.39, 0.29) is 0 Å². The number of fused-ring (bicyclic) bond motifs is 3. The Morgan fingerprint density at radius 3 is 1.14 bits per heavy atom. The third-order valence-electron chi connectivity index (χ3n) is 12.6. The van der Waals surface area contributed by atoms with E-state index in [4.69, 9.17) is 0 Å². The van der Waals surface area contributed by atoms with Crippen LogP contribution in [-0.2, 0) is 5.41 Å². The molecule has 0 fully saturated rings. The van der Waals surface area contributed by atoms with E-state index in [1.165, 1.54) is 60.8 Å². The maximum Gasteiger partial charge on any atom is 0.0701 e. The average molecular weight is 805 g/mol. The molecular weight excluding hydrogens is 761 g/mol. The number of benzene rings is 10. The van der Waals surface area contributed by atoms with Gasteiger partial charge in [-0.1, -0.05) is 212 Å². The van der Waals surface area contributed by atoms with Gasteiger partial charge in [0, 0.05) is 33.5 Å². The molecular formula is C61H44N2. The molecule has 0 amide bonds. The summed E-state index contributed by atoms with van der Waals surface area (Å²) in [7, 11) is 0. The second kappa shape index (κ2) is 16.3. The smallest absolute Gasteiger partial charge is 0.0701 e. The molecule has 1 aromatic heterocycles. The minimum atomic E-state index is -0.490. The van der Waals surface area contributed by atoms with E-state index in [0.717, 1.165) is 28.3 Å². The van der Waals surface area contributed by atoms with Gasteiger partial charge in [0.15, 0.2) is 0 Å². The number of aromatic nitrogens is 1. The molecule has 0 aliphatic heterocycles. The highest BCUT2D eigenvalue weighted by atomic mass is 15.1. The zero-order valence-electron chi connectivity index (χ0n) is 34.8. The molecule has 63 heavy (non-hydrogen) atoms. The topological polar surface area (TPSA) is 8.17 Å². The highest BCUT2D eigenvalue weighted by Crippen LogP contribution is 2.46. The molecule has 0 saturated carbocycles. The zero-order chi connectivity index (χ0) is 42.0. The largest absolute Gasteiger partial charge is 0.310 e. The number of nitrogens with zero attached hydrogens (tertiary/aromatic N) is 2. The Morgan fingerprint density at radius 1 is 0.270 bits per heavy atom. The van der Waals surface area contributed by atoms with Gasteiger partial charge in [0.1, 0.15) is 0 Å². The summed E-state index contributed by atoms with van der Waals surface area (Å²) in [5, 5.41) is 2.47. The third kappa shape index (κ3) is 6.79. The molecule has 0 aliphatic rings. The van der Waals surface area contributed by atoms with Crippen molar-refractivity contribution in [1.29, 1.82) is 0 Å². The molecule has 2 heteroatoms. The van der Waals surface area contributed by atoms with Gasteiger partial charge in [-0.25, -0.2) is 0 Å². The van der Waals surface area contributed by atoms with E-state index in [1.54, 1.807) is 0 Å². The number of hydrogen-bond acceptors (Lipinski definition) is 1. The van der Waals surface area contributed by atoms with Crippen LogP contribution in [0.5, 0.6) is 0 Å². The molecule has 0 unspecified atom stereocenters. The Hall–Kier alpha value is -8.20. The summed E-state index contributed by atoms with van der Waals surface area (Å²) in [6.07, 6.45) is 0. The van der Waals surface area contributed by atoms with Crippen LogP contribution in [0.25, 0.3) is 49.7 Å². The van der Waals surface area contributed by atoms with Gasteiger partial charge in [0.25, 0.3) is 0 Å². The van der Waals surface area contributed by atoms with E-state index < -0.39 is 5.41 Å². The third-order valence-corrected chi connectivity index (χ3v) is 12.6. The average Bonchev–Trinajstić information content (AvgIpc) is 3.70. The fourth-order valence-electron chi connectivity index (χ4n) is 9.61. The standard InChI is InChI=1S/C61H44N2/c1-6-18-45(19-7-1)47-32-38-54(39-33-47)62(56-42-43-58-57-28-16-17-29-59(57)63(60(58)44-56)53-26-14-5-15-27-53)55-40-34-48(35-41-55)46-30-36-52(37-31-46)61(49-20-8-2-9-21-49,50-22-10-3-11-23-50)51-24-12-4-13-25-51/h1-44H. The number of rotatable bonds is 10. The van der Waals surface area contributed by atoms with Gasteiger partial charge >= 0.3 is 0 Å². The van der Waals surface area contributed by atoms with Gasteiger partial charge in [-0.15, -0.1) is 0 Å². The van der Waals surface area contributed by atoms with Crippen molar-refractivity contribution >= 4 is 38.9 Å². The van der Waals surface area contributed by atoms with Crippen molar-refractivity contribution in [3.05, 3.63) is 289 Å². The lowest BCUT2D eigenvalue weighted by Crippen LogP contribution is -2.30. The predicted octanol–water partition coefficient (Wildman–Crippen LogP) is 16.0. The second-order valence-electron chi connectivity index (χ2n) is 16.1. The minimum absolute atomic E-state index is 0.490. The van der Waals surface area contributed by atoms with Gasteiger partial charge in [-0.2, -0.15) is 0 Å². The highest BCUT2D eigenvalue weighted by Gasteiger charge is 2.38. The fourth-order valence-corrected chi connectivity index (χ4v) is 9.61. The van der Waals surface area contributed by atoms with E-state index in [9.17, 15) is 0 Å². The van der Waals surface area contributed by atoms with Gasteiger partial charge in [-0.3, -0.25) is 0 Å². The molecule has 11 aromatic rings. The van der Waals surface area contributed by atoms with Crippen LogP contribution in [0.3, 0.4) is 0 Å². The lowest BCUT2D eigenvalue weighted by Gasteiger charge is -2.37. The number of hydrogen-bond donors (Lipinski definition) is 0. The fraction of sp³-hybridized carbons (Fsp3) is 0.0164. The van der Waals surface area contributed by atoms with Crippen LogP contribution in [0.2, 0.25) is 0 Å². The van der Waals surface area contributed by atoms with Crippen molar-refractivity contribution in [3.8, 4) is 27.9 Å². The molecule has 10 aromatic carbocycles. The quantitative estimate of drug-likeness (QED) is 0.125. The van der Waals surface area contributed by atoms with Gasteiger partial charge in [0.05, 0.1) is 16.4 Å². The van der Waals surface area contributed by atoms with E-state index in [2.05, 4.69) is 276 Å². The molecule has 2 nitrogen and oxygen atoms in total. The summed E-state index contributed by atoms with van der Waals surface area (Å²) in [4.78, 5) is 2.38.